The van der Waals surface area contributed by atoms with E-state index < -0.39 is 96.7 Å². The summed E-state index contributed by atoms with van der Waals surface area (Å²) in [7, 11) is 0. The fourth-order valence-electron chi connectivity index (χ4n) is 6.02. The van der Waals surface area contributed by atoms with Crippen molar-refractivity contribution in [2.75, 3.05) is 26.2 Å². The summed E-state index contributed by atoms with van der Waals surface area (Å²) in [4.78, 5) is 108. The van der Waals surface area contributed by atoms with E-state index in [-0.39, 0.29) is 69.2 Å². The molecule has 0 spiro atoms. The van der Waals surface area contributed by atoms with Crippen molar-refractivity contribution < 1.29 is 53.7 Å². The number of carboxylic acids is 1. The molecule has 58 heavy (non-hydrogen) atoms. The molecule has 22 heteroatoms. The van der Waals surface area contributed by atoms with Gasteiger partial charge in [0.1, 0.15) is 36.0 Å². The molecule has 6 atom stereocenters. The van der Waals surface area contributed by atoms with E-state index >= 15 is 0 Å². The average Bonchev–Trinajstić information content (AvgIpc) is 3.66. The number of phenols is 1. The van der Waals surface area contributed by atoms with E-state index in [2.05, 4.69) is 31.6 Å². The lowest BCUT2D eigenvalue weighted by Crippen LogP contribution is -2.59. The molecule has 7 amide bonds. The molecule has 2 rings (SSSR count). The van der Waals surface area contributed by atoms with Crippen molar-refractivity contribution in [1.29, 1.82) is 0 Å². The third-order valence-electron chi connectivity index (χ3n) is 9.03. The van der Waals surface area contributed by atoms with E-state index in [1.165, 1.54) is 24.3 Å². The first-order chi connectivity index (χ1) is 27.3. The number of guanidine groups is 1. The van der Waals surface area contributed by atoms with Crippen LogP contribution in [0.1, 0.15) is 64.4 Å². The predicted molar refractivity (Wildman–Crippen MR) is 208 cm³/mol. The normalized spacial score (nSPS) is 16.2. The summed E-state index contributed by atoms with van der Waals surface area (Å²) in [5.41, 5.74) is 22.2. The highest BCUT2D eigenvalue weighted by molar-refractivity contribution is 5.96. The Labute approximate surface area is 335 Å². The minimum absolute atomic E-state index is 0.0507. The summed E-state index contributed by atoms with van der Waals surface area (Å²) >= 11 is 0. The summed E-state index contributed by atoms with van der Waals surface area (Å²) in [6.45, 7) is 2.27. The lowest BCUT2D eigenvalue weighted by molar-refractivity contribution is -0.145. The van der Waals surface area contributed by atoms with Gasteiger partial charge in [-0.2, -0.15) is 0 Å². The number of nitrogens with two attached hydrogens (primary N) is 4. The van der Waals surface area contributed by atoms with E-state index in [1.54, 1.807) is 13.8 Å². The van der Waals surface area contributed by atoms with Gasteiger partial charge >= 0.3 is 5.97 Å². The summed E-state index contributed by atoms with van der Waals surface area (Å²) in [6.07, 6.45) is 0.552. The van der Waals surface area contributed by atoms with Crippen molar-refractivity contribution in [3.8, 4) is 5.75 Å². The van der Waals surface area contributed by atoms with Crippen LogP contribution in [-0.2, 0) is 44.8 Å². The van der Waals surface area contributed by atoms with Gasteiger partial charge in [-0.25, -0.2) is 4.79 Å². The number of rotatable bonds is 24. The second kappa shape index (κ2) is 23.9. The molecule has 0 saturated carbocycles. The fraction of sp³-hybridized carbons (Fsp3) is 0.583. The van der Waals surface area contributed by atoms with Gasteiger partial charge < -0.3 is 69.7 Å². The number of carbonyl (C=O) groups excluding carboxylic acids is 7. The zero-order valence-corrected chi connectivity index (χ0v) is 32.6. The van der Waals surface area contributed by atoms with Gasteiger partial charge in [0, 0.05) is 25.9 Å². The number of hydrogen-bond acceptors (Lipinski definition) is 12. The van der Waals surface area contributed by atoms with Crippen LogP contribution in [0.3, 0.4) is 0 Å². The topological polar surface area (TPSA) is 377 Å². The van der Waals surface area contributed by atoms with Crippen LogP contribution in [0.2, 0.25) is 0 Å². The Hall–Kier alpha value is -6.03. The molecule has 22 nitrogen and oxygen atoms in total. The van der Waals surface area contributed by atoms with Crippen LogP contribution in [0.25, 0.3) is 0 Å². The maximum atomic E-state index is 13.7. The minimum Gasteiger partial charge on any atom is -0.508 e. The number of carboxylic acid groups (broad SMARTS) is 1. The Morgan fingerprint density at radius 1 is 0.862 bits per heavy atom. The number of nitrogens with one attached hydrogen (secondary N) is 5. The van der Waals surface area contributed by atoms with E-state index in [1.807, 2.05) is 0 Å². The smallest absolute Gasteiger partial charge is 0.326 e. The molecule has 1 aliphatic rings. The molecule has 1 aromatic carbocycles. The molecule has 16 N–H and O–H groups in total. The van der Waals surface area contributed by atoms with Crippen LogP contribution in [0, 0.1) is 5.92 Å². The number of amides is 7. The van der Waals surface area contributed by atoms with Gasteiger partial charge in [0.15, 0.2) is 5.96 Å². The third kappa shape index (κ3) is 16.6. The van der Waals surface area contributed by atoms with Crippen LogP contribution < -0.4 is 49.5 Å². The predicted octanol–water partition coefficient (Wildman–Crippen LogP) is -4.25. The number of aliphatic hydroxyl groups excluding tert-OH is 1. The second-order valence-electron chi connectivity index (χ2n) is 14.3. The maximum absolute atomic E-state index is 13.7. The Kier molecular flexibility index (Phi) is 19.8. The highest BCUT2D eigenvalue weighted by Gasteiger charge is 2.39. The third-order valence-corrected chi connectivity index (χ3v) is 9.03. The molecule has 1 aromatic rings. The highest BCUT2D eigenvalue weighted by atomic mass is 16.4. The number of likely N-dealkylation sites (tertiary alicyclic amines) is 1. The average molecular weight is 820 g/mol. The molecule has 322 valence electrons. The molecule has 1 aliphatic heterocycles. The molecule has 1 fully saturated rings. The van der Waals surface area contributed by atoms with Crippen LogP contribution in [-0.4, -0.2) is 136 Å². The first-order valence-corrected chi connectivity index (χ1v) is 18.8. The van der Waals surface area contributed by atoms with Gasteiger partial charge in [-0.1, -0.05) is 26.0 Å². The summed E-state index contributed by atoms with van der Waals surface area (Å²) < 4.78 is 0. The summed E-state index contributed by atoms with van der Waals surface area (Å²) in [5.74, 6) is -7.17. The van der Waals surface area contributed by atoms with Gasteiger partial charge in [-0.3, -0.25) is 38.6 Å². The lowest BCUT2D eigenvalue weighted by atomic mass is 10.0. The molecule has 0 bridgehead atoms. The van der Waals surface area contributed by atoms with Gasteiger partial charge in [0.2, 0.25) is 41.4 Å². The van der Waals surface area contributed by atoms with Gasteiger partial charge in [-0.05, 0) is 62.1 Å². The monoisotopic (exact) mass is 819 g/mol. The van der Waals surface area contributed by atoms with Crippen molar-refractivity contribution in [3.05, 3.63) is 29.8 Å². The van der Waals surface area contributed by atoms with Crippen molar-refractivity contribution in [3.63, 3.8) is 0 Å². The number of aliphatic carboxylic acids is 1. The first kappa shape index (κ1) is 48.1. The number of carbonyl (C=O) groups is 8. The number of aromatic hydroxyl groups is 1. The summed E-state index contributed by atoms with van der Waals surface area (Å²) in [5, 5.41) is 41.6. The van der Waals surface area contributed by atoms with Crippen LogP contribution >= 0.6 is 0 Å². The number of benzene rings is 1. The number of aliphatic imine (C=N–C) groups is 1. The van der Waals surface area contributed by atoms with E-state index in [0.29, 0.717) is 18.4 Å². The standard InChI is InChI=1S/C36H57N11O11/c1-19(2)15-25(35(57)58)45-33(55)27-6-4-14-47(27)34(56)26(18-48)46-32(54)24(16-20-7-9-21(49)10-8-20)43-29(51)17-42-31(53)23(11-12-28(38)50)44-30(52)22(37)5-3-13-41-36(39)40/h7-10,19,22-27,48-49H,3-6,11-18,37H2,1-2H3,(H2,38,50)(H,42,53)(H,43,51)(H,44,52)(H,45,55)(H,46,54)(H,57,58)(H4,39,40,41)/t22-,23-,24-,25-,26-,27-/m0/s1. The number of nitrogens with zero attached hydrogens (tertiary/aromatic N) is 2. The molecule has 0 radical (unpaired) electrons. The van der Waals surface area contributed by atoms with Crippen molar-refractivity contribution in [2.45, 2.75) is 101 Å². The number of aliphatic hydroxyl groups is 1. The van der Waals surface area contributed by atoms with Gasteiger partial charge in [0.25, 0.3) is 0 Å². The van der Waals surface area contributed by atoms with E-state index in [4.69, 9.17) is 22.9 Å². The Bertz CT molecular complexity index is 1640. The van der Waals surface area contributed by atoms with Gasteiger partial charge in [0.05, 0.1) is 19.2 Å². The largest absolute Gasteiger partial charge is 0.508 e. The quantitative estimate of drug-likeness (QED) is 0.0267. The number of phenolic OH excluding ortho intramolecular Hbond substituents is 1. The molecular formula is C36H57N11O11. The number of primary amides is 1. The van der Waals surface area contributed by atoms with E-state index in [9.17, 15) is 53.7 Å². The van der Waals surface area contributed by atoms with Crippen LogP contribution in [0.4, 0.5) is 0 Å². The lowest BCUT2D eigenvalue weighted by Gasteiger charge is -2.30. The van der Waals surface area contributed by atoms with Gasteiger partial charge in [-0.15, -0.1) is 0 Å². The first-order valence-electron chi connectivity index (χ1n) is 18.8. The zero-order chi connectivity index (χ0) is 43.5. The van der Waals surface area contributed by atoms with Crippen molar-refractivity contribution >= 4 is 53.3 Å². The molecule has 0 aliphatic carbocycles. The Morgan fingerprint density at radius 2 is 1.52 bits per heavy atom. The molecule has 1 heterocycles. The Balaban J connectivity index is 2.17. The fourth-order valence-corrected chi connectivity index (χ4v) is 6.02. The molecular weight excluding hydrogens is 762 g/mol. The van der Waals surface area contributed by atoms with E-state index in [0.717, 1.165) is 4.90 Å². The molecule has 0 unspecified atom stereocenters. The molecule has 1 saturated heterocycles. The molecule has 0 aromatic heterocycles. The summed E-state index contributed by atoms with van der Waals surface area (Å²) in [6, 6.07) is -1.99. The number of hydrogen-bond donors (Lipinski definition) is 12. The highest BCUT2D eigenvalue weighted by Crippen LogP contribution is 2.20. The SMILES string of the molecule is CC(C)C[C@H](NC(=O)[C@@H]1CCCN1C(=O)[C@H](CO)NC(=O)[C@H](Cc1ccc(O)cc1)NC(=O)CNC(=O)[C@H](CCC(N)=O)NC(=O)[C@@H](N)CCCN=C(N)N)C(=O)O. The van der Waals surface area contributed by atoms with Crippen molar-refractivity contribution in [1.82, 2.24) is 31.5 Å². The van der Waals surface area contributed by atoms with Crippen molar-refractivity contribution in [2.24, 2.45) is 33.8 Å². The van der Waals surface area contributed by atoms with Crippen LogP contribution in [0.15, 0.2) is 29.3 Å². The zero-order valence-electron chi connectivity index (χ0n) is 32.6. The second-order valence-corrected chi connectivity index (χ2v) is 14.3. The minimum atomic E-state index is -1.57. The van der Waals surface area contributed by atoms with Crippen LogP contribution in [0.5, 0.6) is 5.75 Å². The Morgan fingerprint density at radius 3 is 2.10 bits per heavy atom. The maximum Gasteiger partial charge on any atom is 0.326 e.